The van der Waals surface area contributed by atoms with Crippen molar-refractivity contribution >= 4 is 30.0 Å². The number of esters is 1. The van der Waals surface area contributed by atoms with Crippen LogP contribution in [0.3, 0.4) is 0 Å². The molecule has 0 fully saturated rings. The Morgan fingerprint density at radius 1 is 1.35 bits per heavy atom. The molecule has 1 rings (SSSR count). The molecule has 0 saturated carbocycles. The highest BCUT2D eigenvalue weighted by Gasteiger charge is 2.10. The monoisotopic (exact) mass is 277 g/mol. The maximum absolute atomic E-state index is 11.6. The van der Waals surface area contributed by atoms with Gasteiger partial charge >= 0.3 is 5.97 Å². The minimum absolute atomic E-state index is 0. The molecule has 0 aromatic heterocycles. The normalized spacial score (nSPS) is 9.88. The first-order valence-corrected chi connectivity index (χ1v) is 5.55. The van der Waals surface area contributed by atoms with Crippen molar-refractivity contribution in [1.82, 2.24) is 4.90 Å². The summed E-state index contributed by atoms with van der Waals surface area (Å²) in [7, 11) is 3.96. The lowest BCUT2D eigenvalue weighted by molar-refractivity contribution is 0.0493. The first-order chi connectivity index (χ1) is 7.61. The van der Waals surface area contributed by atoms with Gasteiger partial charge in [0.25, 0.3) is 0 Å². The van der Waals surface area contributed by atoms with Gasteiger partial charge in [0.15, 0.2) is 0 Å². The van der Waals surface area contributed by atoms with Gasteiger partial charge in [-0.15, -0.1) is 12.4 Å². The Hall–Kier alpha value is -0.770. The number of rotatable bonds is 5. The summed E-state index contributed by atoms with van der Waals surface area (Å²) in [5.74, 6) is -0.357. The molecule has 1 aromatic carbocycles. The SMILES string of the molecule is CN(C)CCCOC(=O)c1ccccc1Cl.Cl. The second kappa shape index (κ2) is 8.34. The average Bonchev–Trinajstić information content (AvgIpc) is 2.24. The zero-order valence-electron chi connectivity index (χ0n) is 9.98. The Bertz CT molecular complexity index is 356. The van der Waals surface area contributed by atoms with Crippen molar-refractivity contribution in [1.29, 1.82) is 0 Å². The Labute approximate surface area is 113 Å². The first kappa shape index (κ1) is 16.2. The van der Waals surface area contributed by atoms with E-state index in [4.69, 9.17) is 16.3 Å². The molecule has 0 amide bonds. The molecule has 0 heterocycles. The molecule has 17 heavy (non-hydrogen) atoms. The summed E-state index contributed by atoms with van der Waals surface area (Å²) in [5, 5.41) is 0.431. The summed E-state index contributed by atoms with van der Waals surface area (Å²) in [6.07, 6.45) is 0.823. The van der Waals surface area contributed by atoms with E-state index in [1.165, 1.54) is 0 Å². The molecule has 96 valence electrons. The summed E-state index contributed by atoms with van der Waals surface area (Å²) in [6, 6.07) is 6.89. The Morgan fingerprint density at radius 3 is 2.59 bits per heavy atom. The molecule has 1 aromatic rings. The van der Waals surface area contributed by atoms with Crippen molar-refractivity contribution in [2.75, 3.05) is 27.2 Å². The summed E-state index contributed by atoms with van der Waals surface area (Å²) in [6.45, 7) is 1.32. The van der Waals surface area contributed by atoms with Gasteiger partial charge < -0.3 is 9.64 Å². The third-order valence-electron chi connectivity index (χ3n) is 2.08. The van der Waals surface area contributed by atoms with Crippen molar-refractivity contribution < 1.29 is 9.53 Å². The summed E-state index contributed by atoms with van der Waals surface area (Å²) >= 11 is 5.87. The number of nitrogens with zero attached hydrogens (tertiary/aromatic N) is 1. The number of benzene rings is 1. The summed E-state index contributed by atoms with van der Waals surface area (Å²) < 4.78 is 5.11. The molecule has 0 radical (unpaired) electrons. The summed E-state index contributed by atoms with van der Waals surface area (Å²) in [4.78, 5) is 13.6. The predicted octanol–water partition coefficient (Wildman–Crippen LogP) is 2.87. The molecule has 3 nitrogen and oxygen atoms in total. The lowest BCUT2D eigenvalue weighted by Gasteiger charge is -2.09. The standard InChI is InChI=1S/C12H16ClNO2.ClH/c1-14(2)8-5-9-16-12(15)10-6-3-4-7-11(10)13;/h3-4,6-7H,5,8-9H2,1-2H3;1H. The third-order valence-corrected chi connectivity index (χ3v) is 2.41. The summed E-state index contributed by atoms with van der Waals surface area (Å²) in [5.41, 5.74) is 0.425. The van der Waals surface area contributed by atoms with Gasteiger partial charge in [0.2, 0.25) is 0 Å². The van der Waals surface area contributed by atoms with Crippen molar-refractivity contribution in [2.45, 2.75) is 6.42 Å². The fraction of sp³-hybridized carbons (Fsp3) is 0.417. The highest BCUT2D eigenvalue weighted by Crippen LogP contribution is 2.15. The molecule has 0 aliphatic rings. The van der Waals surface area contributed by atoms with Gasteiger partial charge in [0.05, 0.1) is 17.2 Å². The van der Waals surface area contributed by atoms with E-state index >= 15 is 0 Å². The molecule has 5 heteroatoms. The highest BCUT2D eigenvalue weighted by molar-refractivity contribution is 6.33. The highest BCUT2D eigenvalue weighted by atomic mass is 35.5. The molecule has 0 bridgehead atoms. The molecule has 0 N–H and O–H groups in total. The van der Waals surface area contributed by atoms with E-state index in [2.05, 4.69) is 0 Å². The second-order valence-corrected chi connectivity index (χ2v) is 4.18. The van der Waals surface area contributed by atoms with E-state index < -0.39 is 0 Å². The number of hydrogen-bond acceptors (Lipinski definition) is 3. The minimum atomic E-state index is -0.357. The van der Waals surface area contributed by atoms with Gasteiger partial charge in [-0.1, -0.05) is 23.7 Å². The fourth-order valence-electron chi connectivity index (χ4n) is 1.25. The largest absolute Gasteiger partial charge is 0.462 e. The van der Waals surface area contributed by atoms with E-state index in [0.717, 1.165) is 13.0 Å². The van der Waals surface area contributed by atoms with Crippen molar-refractivity contribution in [3.63, 3.8) is 0 Å². The molecule has 0 unspecified atom stereocenters. The van der Waals surface area contributed by atoms with Crippen LogP contribution >= 0.6 is 24.0 Å². The van der Waals surface area contributed by atoms with Crippen LogP contribution in [0, 0.1) is 0 Å². The van der Waals surface area contributed by atoms with Crippen LogP contribution in [0.1, 0.15) is 16.8 Å². The molecule has 0 aliphatic carbocycles. The third kappa shape index (κ3) is 5.91. The number of carbonyl (C=O) groups excluding carboxylic acids is 1. The van der Waals surface area contributed by atoms with Gasteiger partial charge in [-0.25, -0.2) is 4.79 Å². The van der Waals surface area contributed by atoms with Crippen LogP contribution in [-0.4, -0.2) is 38.1 Å². The number of ether oxygens (including phenoxy) is 1. The molecule has 0 spiro atoms. The number of halogens is 2. The van der Waals surface area contributed by atoms with E-state index in [1.54, 1.807) is 24.3 Å². The van der Waals surface area contributed by atoms with Gasteiger partial charge in [-0.05, 0) is 32.6 Å². The van der Waals surface area contributed by atoms with Gasteiger partial charge in [0, 0.05) is 6.54 Å². The van der Waals surface area contributed by atoms with Crippen LogP contribution in [-0.2, 0) is 4.74 Å². The zero-order chi connectivity index (χ0) is 12.0. The van der Waals surface area contributed by atoms with Crippen molar-refractivity contribution in [2.24, 2.45) is 0 Å². The Balaban J connectivity index is 0.00000256. The molecular weight excluding hydrogens is 261 g/mol. The molecule has 0 saturated heterocycles. The first-order valence-electron chi connectivity index (χ1n) is 5.17. The molecule has 0 aliphatic heterocycles. The maximum atomic E-state index is 11.6. The Kier molecular flexibility index (Phi) is 7.96. The average molecular weight is 278 g/mol. The van der Waals surface area contributed by atoms with Gasteiger partial charge in [0.1, 0.15) is 0 Å². The van der Waals surface area contributed by atoms with Crippen molar-refractivity contribution in [3.05, 3.63) is 34.9 Å². The van der Waals surface area contributed by atoms with E-state index in [0.29, 0.717) is 17.2 Å². The van der Waals surface area contributed by atoms with Crippen LogP contribution in [0.5, 0.6) is 0 Å². The topological polar surface area (TPSA) is 29.5 Å². The number of carbonyl (C=O) groups is 1. The minimum Gasteiger partial charge on any atom is -0.462 e. The molecular formula is C12H17Cl2NO2. The lowest BCUT2D eigenvalue weighted by atomic mass is 10.2. The van der Waals surface area contributed by atoms with Crippen molar-refractivity contribution in [3.8, 4) is 0 Å². The second-order valence-electron chi connectivity index (χ2n) is 3.77. The molecule has 0 atom stereocenters. The fourth-order valence-corrected chi connectivity index (χ4v) is 1.46. The lowest BCUT2D eigenvalue weighted by Crippen LogP contribution is -2.16. The smallest absolute Gasteiger partial charge is 0.339 e. The van der Waals surface area contributed by atoms with Crippen LogP contribution in [0.25, 0.3) is 0 Å². The van der Waals surface area contributed by atoms with Crippen LogP contribution < -0.4 is 0 Å². The van der Waals surface area contributed by atoms with E-state index in [-0.39, 0.29) is 18.4 Å². The number of hydrogen-bond donors (Lipinski definition) is 0. The predicted molar refractivity (Wildman–Crippen MR) is 72.2 cm³/mol. The Morgan fingerprint density at radius 2 is 2.00 bits per heavy atom. The van der Waals surface area contributed by atoms with Crippen LogP contribution in [0.4, 0.5) is 0 Å². The van der Waals surface area contributed by atoms with E-state index in [1.807, 2.05) is 19.0 Å². The quantitative estimate of drug-likeness (QED) is 0.612. The van der Waals surface area contributed by atoms with E-state index in [9.17, 15) is 4.79 Å². The maximum Gasteiger partial charge on any atom is 0.339 e. The van der Waals surface area contributed by atoms with Gasteiger partial charge in [-0.3, -0.25) is 0 Å². The van der Waals surface area contributed by atoms with Crippen LogP contribution in [0.2, 0.25) is 5.02 Å². The van der Waals surface area contributed by atoms with Crippen LogP contribution in [0.15, 0.2) is 24.3 Å². The van der Waals surface area contributed by atoms with Gasteiger partial charge in [-0.2, -0.15) is 0 Å². The zero-order valence-corrected chi connectivity index (χ0v) is 11.6.